The predicted octanol–water partition coefficient (Wildman–Crippen LogP) is 5.81. The lowest BCUT2D eigenvalue weighted by atomic mass is 10.0. The molecule has 0 saturated carbocycles. The lowest BCUT2D eigenvalue weighted by molar-refractivity contribution is -0.355. The first-order valence-electron chi connectivity index (χ1n) is 12.5. The normalized spacial score (nSPS) is 12.3. The number of hydrogen-bond donors (Lipinski definition) is 0. The largest absolute Gasteiger partial charge is 0.332 e. The molecule has 4 nitrogen and oxygen atoms in total. The van der Waals surface area contributed by atoms with Crippen molar-refractivity contribution in [2.45, 2.75) is 122 Å². The summed E-state index contributed by atoms with van der Waals surface area (Å²) in [5.41, 5.74) is 0. The first-order chi connectivity index (χ1) is 14.1. The van der Waals surface area contributed by atoms with Crippen LogP contribution in [0.1, 0.15) is 116 Å². The number of nitrogens with zero attached hydrogens (tertiary/aromatic N) is 1. The molecule has 0 aliphatic heterocycles. The fourth-order valence-electron chi connectivity index (χ4n) is 4.07. The van der Waals surface area contributed by atoms with Crippen molar-refractivity contribution in [3.05, 3.63) is 0 Å². The molecule has 0 aliphatic rings. The Labute approximate surface area is 185 Å². The van der Waals surface area contributed by atoms with Gasteiger partial charge in [-0.05, 0) is 32.4 Å². The third-order valence-corrected chi connectivity index (χ3v) is 6.96. The molecule has 0 aliphatic carbocycles. The van der Waals surface area contributed by atoms with E-state index in [2.05, 4.69) is 11.5 Å². The molecule has 0 amide bonds. The van der Waals surface area contributed by atoms with Gasteiger partial charge in [-0.15, -0.1) is 0 Å². The van der Waals surface area contributed by atoms with E-state index in [9.17, 15) is 0 Å². The van der Waals surface area contributed by atoms with E-state index in [1.807, 2.05) is 0 Å². The lowest BCUT2D eigenvalue weighted by Crippen LogP contribution is -2.35. The SMILES string of the molecule is CCCN([SiH3])CCCCCCCCCCCCCCCCCC(OC)(OC)OC. The van der Waals surface area contributed by atoms with E-state index in [4.69, 9.17) is 14.2 Å². The van der Waals surface area contributed by atoms with E-state index in [1.54, 1.807) is 21.3 Å². The number of unbranched alkanes of at least 4 members (excludes halogenated alkanes) is 14. The molecule has 0 fully saturated rings. The van der Waals surface area contributed by atoms with Crippen molar-refractivity contribution in [2.75, 3.05) is 34.4 Å². The molecule has 0 spiro atoms. The first-order valence-corrected chi connectivity index (χ1v) is 13.4. The van der Waals surface area contributed by atoms with Crippen LogP contribution < -0.4 is 0 Å². The fourth-order valence-corrected chi connectivity index (χ4v) is 4.83. The summed E-state index contributed by atoms with van der Waals surface area (Å²) < 4.78 is 18.6. The third-order valence-electron chi connectivity index (χ3n) is 6.06. The van der Waals surface area contributed by atoms with Crippen molar-refractivity contribution < 1.29 is 14.2 Å². The Hall–Kier alpha value is 0.0569. The molecule has 5 heteroatoms. The van der Waals surface area contributed by atoms with Gasteiger partial charge in [-0.3, -0.25) is 0 Å². The van der Waals surface area contributed by atoms with Crippen LogP contribution in [-0.2, 0) is 14.2 Å². The molecular formula is C24H53NO3Si. The van der Waals surface area contributed by atoms with Gasteiger partial charge in [0.05, 0.1) is 10.4 Å². The highest BCUT2D eigenvalue weighted by Gasteiger charge is 2.28. The van der Waals surface area contributed by atoms with Crippen molar-refractivity contribution >= 4 is 10.4 Å². The molecule has 0 rings (SSSR count). The average Bonchev–Trinajstić information content (AvgIpc) is 2.73. The van der Waals surface area contributed by atoms with E-state index in [1.165, 1.54) is 120 Å². The molecule has 29 heavy (non-hydrogen) atoms. The Kier molecular flexibility index (Phi) is 21.3. The van der Waals surface area contributed by atoms with Gasteiger partial charge in [-0.1, -0.05) is 90.4 Å². The molecule has 0 aromatic rings. The van der Waals surface area contributed by atoms with Gasteiger partial charge in [-0.2, -0.15) is 0 Å². The van der Waals surface area contributed by atoms with E-state index in [0.29, 0.717) is 0 Å². The third kappa shape index (κ3) is 17.4. The molecule has 0 saturated heterocycles. The van der Waals surface area contributed by atoms with E-state index < -0.39 is 5.97 Å². The second kappa shape index (κ2) is 21.3. The van der Waals surface area contributed by atoms with E-state index >= 15 is 0 Å². The maximum absolute atomic E-state index is 5.33. The zero-order valence-electron chi connectivity index (χ0n) is 20.6. The highest BCUT2D eigenvalue weighted by Crippen LogP contribution is 2.21. The topological polar surface area (TPSA) is 30.9 Å². The van der Waals surface area contributed by atoms with Gasteiger partial charge >= 0.3 is 0 Å². The summed E-state index contributed by atoms with van der Waals surface area (Å²) in [6, 6.07) is 0. The van der Waals surface area contributed by atoms with Crippen molar-refractivity contribution in [3.8, 4) is 0 Å². The number of hydrogen-bond acceptors (Lipinski definition) is 4. The van der Waals surface area contributed by atoms with Crippen molar-refractivity contribution in [2.24, 2.45) is 0 Å². The average molecular weight is 432 g/mol. The van der Waals surface area contributed by atoms with Gasteiger partial charge in [0.25, 0.3) is 5.97 Å². The maximum Gasteiger partial charge on any atom is 0.282 e. The fraction of sp³-hybridized carbons (Fsp3) is 1.00. The summed E-state index contributed by atoms with van der Waals surface area (Å²) in [6.07, 6.45) is 22.8. The summed E-state index contributed by atoms with van der Waals surface area (Å²) >= 11 is 0. The summed E-state index contributed by atoms with van der Waals surface area (Å²) in [5, 5.41) is 0. The van der Waals surface area contributed by atoms with Gasteiger partial charge in [-0.25, -0.2) is 0 Å². The van der Waals surface area contributed by atoms with Crippen molar-refractivity contribution in [3.63, 3.8) is 0 Å². The van der Waals surface area contributed by atoms with Gasteiger partial charge in [0.2, 0.25) is 0 Å². The number of ether oxygens (including phenoxy) is 3. The molecule has 0 unspecified atom stereocenters. The van der Waals surface area contributed by atoms with Gasteiger partial charge in [0, 0.05) is 27.8 Å². The Balaban J connectivity index is 3.23. The van der Waals surface area contributed by atoms with Crippen LogP contribution in [0.15, 0.2) is 0 Å². The molecule has 0 heterocycles. The minimum Gasteiger partial charge on any atom is -0.332 e. The monoisotopic (exact) mass is 431 g/mol. The van der Waals surface area contributed by atoms with Crippen molar-refractivity contribution in [1.82, 2.24) is 4.57 Å². The second-order valence-corrected chi connectivity index (χ2v) is 9.92. The van der Waals surface area contributed by atoms with E-state index in [-0.39, 0.29) is 0 Å². The maximum atomic E-state index is 5.33. The van der Waals surface area contributed by atoms with Gasteiger partial charge in [0.15, 0.2) is 0 Å². The second-order valence-electron chi connectivity index (χ2n) is 8.65. The predicted molar refractivity (Wildman–Crippen MR) is 129 cm³/mol. The standard InChI is InChI=1S/C24H53NO3Si/c1-5-22-25(29)23-20-18-16-14-12-10-8-6-7-9-11-13-15-17-19-21-24(26-2,27-3)28-4/h5-23H2,1-4,29H3. The summed E-state index contributed by atoms with van der Waals surface area (Å²) in [6.45, 7) is 4.93. The Bertz CT molecular complexity index is 319. The summed E-state index contributed by atoms with van der Waals surface area (Å²) in [5.74, 6) is -0.841. The molecule has 0 bridgehead atoms. The molecule has 176 valence electrons. The molecule has 0 radical (unpaired) electrons. The van der Waals surface area contributed by atoms with Crippen molar-refractivity contribution in [1.29, 1.82) is 0 Å². The number of methoxy groups -OCH3 is 3. The quantitative estimate of drug-likeness (QED) is 0.116. The van der Waals surface area contributed by atoms with Crippen LogP contribution in [0.25, 0.3) is 0 Å². The minimum absolute atomic E-state index is 0.800. The summed E-state index contributed by atoms with van der Waals surface area (Å²) in [7, 11) is 6.16. The van der Waals surface area contributed by atoms with Crippen LogP contribution in [0, 0.1) is 0 Å². The lowest BCUT2D eigenvalue weighted by Gasteiger charge is -2.28. The van der Waals surface area contributed by atoms with Crippen LogP contribution in [0.4, 0.5) is 0 Å². The molecule has 0 atom stereocenters. The Morgan fingerprint density at radius 1 is 0.552 bits per heavy atom. The zero-order chi connectivity index (χ0) is 21.6. The summed E-state index contributed by atoms with van der Waals surface area (Å²) in [4.78, 5) is 0. The molecule has 0 aromatic carbocycles. The van der Waals surface area contributed by atoms with Gasteiger partial charge < -0.3 is 18.8 Å². The van der Waals surface area contributed by atoms with Crippen LogP contribution in [0.5, 0.6) is 0 Å². The van der Waals surface area contributed by atoms with Crippen LogP contribution in [0.2, 0.25) is 0 Å². The van der Waals surface area contributed by atoms with E-state index in [0.717, 1.165) is 12.8 Å². The number of rotatable bonds is 23. The zero-order valence-corrected chi connectivity index (χ0v) is 22.6. The van der Waals surface area contributed by atoms with Gasteiger partial charge in [0.1, 0.15) is 0 Å². The van der Waals surface area contributed by atoms with Crippen LogP contribution >= 0.6 is 0 Å². The smallest absolute Gasteiger partial charge is 0.282 e. The Morgan fingerprint density at radius 3 is 1.24 bits per heavy atom. The molecular weight excluding hydrogens is 378 g/mol. The molecule has 0 aromatic heterocycles. The minimum atomic E-state index is -0.841. The first kappa shape index (κ1) is 29.1. The highest BCUT2D eigenvalue weighted by atomic mass is 28.2. The highest BCUT2D eigenvalue weighted by molar-refractivity contribution is 6.04. The van der Waals surface area contributed by atoms with Crippen LogP contribution in [-0.4, -0.2) is 55.4 Å². The molecule has 0 N–H and O–H groups in total. The Morgan fingerprint density at radius 2 is 0.897 bits per heavy atom. The van der Waals surface area contributed by atoms with Crippen LogP contribution in [0.3, 0.4) is 0 Å².